The van der Waals surface area contributed by atoms with Crippen LogP contribution in [0.15, 0.2) is 28.7 Å². The van der Waals surface area contributed by atoms with Crippen molar-refractivity contribution in [3.05, 3.63) is 45.9 Å². The van der Waals surface area contributed by atoms with Gasteiger partial charge >= 0.3 is 0 Å². The fourth-order valence-electron chi connectivity index (χ4n) is 1.79. The molecule has 2 rings (SSSR count). The fourth-order valence-corrected chi connectivity index (χ4v) is 2.30. The Hall–Kier alpha value is -1.29. The van der Waals surface area contributed by atoms with Gasteiger partial charge in [-0.3, -0.25) is 0 Å². The van der Waals surface area contributed by atoms with Crippen LogP contribution in [0.2, 0.25) is 0 Å². The maximum Gasteiger partial charge on any atom is 0.146 e. The molecule has 0 atom stereocenters. The van der Waals surface area contributed by atoms with Crippen LogP contribution in [0.4, 0.5) is 10.1 Å². The van der Waals surface area contributed by atoms with Gasteiger partial charge in [-0.25, -0.2) is 4.39 Å². The predicted octanol–water partition coefficient (Wildman–Crippen LogP) is 3.58. The second-order valence-electron chi connectivity index (χ2n) is 3.76. The van der Waals surface area contributed by atoms with Crippen molar-refractivity contribution in [3.8, 4) is 5.69 Å². The second-order valence-corrected chi connectivity index (χ2v) is 4.61. The van der Waals surface area contributed by atoms with Gasteiger partial charge in [-0.05, 0) is 54.0 Å². The summed E-state index contributed by atoms with van der Waals surface area (Å²) in [5.74, 6) is -0.384. The van der Waals surface area contributed by atoms with Gasteiger partial charge < -0.3 is 10.3 Å². The van der Waals surface area contributed by atoms with E-state index in [-0.39, 0.29) is 11.5 Å². The number of nitrogens with two attached hydrogens (primary N) is 1. The van der Waals surface area contributed by atoms with Crippen LogP contribution in [0, 0.1) is 19.7 Å². The molecule has 0 bridgehead atoms. The van der Waals surface area contributed by atoms with E-state index in [0.29, 0.717) is 0 Å². The van der Waals surface area contributed by atoms with Crippen LogP contribution in [0.3, 0.4) is 0 Å². The number of hydrogen-bond donors (Lipinski definition) is 1. The Kier molecular flexibility index (Phi) is 2.76. The first-order chi connectivity index (χ1) is 7.50. The number of rotatable bonds is 1. The summed E-state index contributed by atoms with van der Waals surface area (Å²) < 4.78 is 16.1. The SMILES string of the molecule is Cc1cc(Br)c(C)n1-c1ccc(F)c(N)c1. The van der Waals surface area contributed by atoms with Crippen LogP contribution in [0.25, 0.3) is 5.69 Å². The fraction of sp³-hybridized carbons (Fsp3) is 0.167. The van der Waals surface area contributed by atoms with Gasteiger partial charge in [0.1, 0.15) is 5.82 Å². The topological polar surface area (TPSA) is 30.9 Å². The number of aromatic nitrogens is 1. The Bertz CT molecular complexity index is 546. The first-order valence-corrected chi connectivity index (χ1v) is 5.70. The van der Waals surface area contributed by atoms with Gasteiger partial charge in [-0.15, -0.1) is 0 Å². The number of hydrogen-bond acceptors (Lipinski definition) is 1. The first-order valence-electron chi connectivity index (χ1n) is 4.90. The van der Waals surface area contributed by atoms with Crippen LogP contribution < -0.4 is 5.73 Å². The first kappa shape index (κ1) is 11.2. The van der Waals surface area contributed by atoms with Crippen molar-refractivity contribution in [1.82, 2.24) is 4.57 Å². The highest BCUT2D eigenvalue weighted by Crippen LogP contribution is 2.26. The average Bonchev–Trinajstić information content (AvgIpc) is 2.47. The Labute approximate surface area is 102 Å². The number of benzene rings is 1. The average molecular weight is 283 g/mol. The van der Waals surface area contributed by atoms with E-state index in [1.54, 1.807) is 12.1 Å². The van der Waals surface area contributed by atoms with Crippen molar-refractivity contribution in [3.63, 3.8) is 0 Å². The van der Waals surface area contributed by atoms with Gasteiger partial charge in [0.25, 0.3) is 0 Å². The molecular weight excluding hydrogens is 271 g/mol. The Morgan fingerprint density at radius 1 is 1.25 bits per heavy atom. The molecule has 0 aliphatic heterocycles. The monoisotopic (exact) mass is 282 g/mol. The molecule has 0 amide bonds. The standard InChI is InChI=1S/C12H12BrFN2/c1-7-5-10(13)8(2)16(7)9-3-4-11(14)12(15)6-9/h3-6H,15H2,1-2H3. The molecule has 0 spiro atoms. The summed E-state index contributed by atoms with van der Waals surface area (Å²) in [5, 5.41) is 0. The molecule has 0 unspecified atom stereocenters. The molecule has 1 aromatic heterocycles. The highest BCUT2D eigenvalue weighted by atomic mass is 79.9. The van der Waals surface area contributed by atoms with E-state index in [2.05, 4.69) is 15.9 Å². The lowest BCUT2D eigenvalue weighted by Gasteiger charge is -2.10. The molecule has 1 heterocycles. The highest BCUT2D eigenvalue weighted by Gasteiger charge is 2.09. The predicted molar refractivity (Wildman–Crippen MR) is 67.3 cm³/mol. The third kappa shape index (κ3) is 1.73. The molecular formula is C12H12BrFN2. The maximum absolute atomic E-state index is 13.1. The van der Waals surface area contributed by atoms with E-state index in [9.17, 15) is 4.39 Å². The molecule has 4 heteroatoms. The van der Waals surface area contributed by atoms with E-state index in [1.165, 1.54) is 6.07 Å². The van der Waals surface area contributed by atoms with Crippen molar-refractivity contribution in [2.75, 3.05) is 5.73 Å². The van der Waals surface area contributed by atoms with Crippen LogP contribution in [-0.4, -0.2) is 4.57 Å². The lowest BCUT2D eigenvalue weighted by Crippen LogP contribution is -2.01. The van der Waals surface area contributed by atoms with Crippen LogP contribution in [0.1, 0.15) is 11.4 Å². The second kappa shape index (κ2) is 3.94. The van der Waals surface area contributed by atoms with Gasteiger partial charge in [-0.2, -0.15) is 0 Å². The van der Waals surface area contributed by atoms with Crippen LogP contribution in [0.5, 0.6) is 0 Å². The molecule has 2 nitrogen and oxygen atoms in total. The van der Waals surface area contributed by atoms with Crippen molar-refractivity contribution < 1.29 is 4.39 Å². The maximum atomic E-state index is 13.1. The highest BCUT2D eigenvalue weighted by molar-refractivity contribution is 9.10. The van der Waals surface area contributed by atoms with E-state index >= 15 is 0 Å². The Morgan fingerprint density at radius 3 is 2.44 bits per heavy atom. The summed E-state index contributed by atoms with van der Waals surface area (Å²) in [6.45, 7) is 3.99. The normalized spacial score (nSPS) is 10.8. The van der Waals surface area contributed by atoms with Crippen LogP contribution >= 0.6 is 15.9 Å². The zero-order chi connectivity index (χ0) is 11.9. The van der Waals surface area contributed by atoms with Gasteiger partial charge in [0.15, 0.2) is 0 Å². The molecule has 16 heavy (non-hydrogen) atoms. The van der Waals surface area contributed by atoms with Gasteiger partial charge in [0, 0.05) is 21.5 Å². The summed E-state index contributed by atoms with van der Waals surface area (Å²) >= 11 is 3.47. The summed E-state index contributed by atoms with van der Waals surface area (Å²) in [6.07, 6.45) is 0. The minimum Gasteiger partial charge on any atom is -0.396 e. The molecule has 0 aliphatic carbocycles. The van der Waals surface area contributed by atoms with E-state index in [0.717, 1.165) is 21.5 Å². The molecule has 2 N–H and O–H groups in total. The summed E-state index contributed by atoms with van der Waals surface area (Å²) in [7, 11) is 0. The van der Waals surface area contributed by atoms with Crippen molar-refractivity contribution in [2.24, 2.45) is 0 Å². The minimum atomic E-state index is -0.384. The smallest absolute Gasteiger partial charge is 0.146 e. The lowest BCUT2D eigenvalue weighted by atomic mass is 10.2. The largest absolute Gasteiger partial charge is 0.396 e. The number of nitrogens with zero attached hydrogens (tertiary/aromatic N) is 1. The molecule has 0 aliphatic rings. The van der Waals surface area contributed by atoms with E-state index < -0.39 is 0 Å². The van der Waals surface area contributed by atoms with Gasteiger partial charge in [0.05, 0.1) is 5.69 Å². The van der Waals surface area contributed by atoms with Crippen molar-refractivity contribution >= 4 is 21.6 Å². The van der Waals surface area contributed by atoms with Crippen molar-refractivity contribution in [2.45, 2.75) is 13.8 Å². The van der Waals surface area contributed by atoms with E-state index in [4.69, 9.17) is 5.73 Å². The molecule has 84 valence electrons. The molecule has 0 saturated carbocycles. The molecule has 1 aromatic carbocycles. The van der Waals surface area contributed by atoms with Gasteiger partial charge in [0.2, 0.25) is 0 Å². The molecule has 0 radical (unpaired) electrons. The summed E-state index contributed by atoms with van der Waals surface area (Å²) in [4.78, 5) is 0. The number of nitrogen functional groups attached to an aromatic ring is 1. The molecule has 0 saturated heterocycles. The van der Waals surface area contributed by atoms with Crippen LogP contribution in [-0.2, 0) is 0 Å². The third-order valence-corrected chi connectivity index (χ3v) is 3.41. The van der Waals surface area contributed by atoms with Gasteiger partial charge in [-0.1, -0.05) is 0 Å². The molecule has 2 aromatic rings. The quantitative estimate of drug-likeness (QED) is 0.797. The Morgan fingerprint density at radius 2 is 1.94 bits per heavy atom. The molecule has 0 fully saturated rings. The zero-order valence-corrected chi connectivity index (χ0v) is 10.7. The zero-order valence-electron chi connectivity index (χ0n) is 9.09. The minimum absolute atomic E-state index is 0.168. The summed E-state index contributed by atoms with van der Waals surface area (Å²) in [6, 6.07) is 6.77. The van der Waals surface area contributed by atoms with Crippen molar-refractivity contribution in [1.29, 1.82) is 0 Å². The lowest BCUT2D eigenvalue weighted by molar-refractivity contribution is 0.632. The summed E-state index contributed by atoms with van der Waals surface area (Å²) in [5.41, 5.74) is 8.76. The third-order valence-electron chi connectivity index (χ3n) is 2.61. The Balaban J connectivity index is 2.63. The number of anilines is 1. The number of halogens is 2. The number of aryl methyl sites for hydroxylation is 1. The van der Waals surface area contributed by atoms with E-state index in [1.807, 2.05) is 24.5 Å².